The second-order valence-electron chi connectivity index (χ2n) is 5.31. The monoisotopic (exact) mass is 358 g/mol. The van der Waals surface area contributed by atoms with Gasteiger partial charge in [-0.25, -0.2) is 4.98 Å². The molecule has 126 valence electrons. The van der Waals surface area contributed by atoms with Crippen LogP contribution < -0.4 is 0 Å². The zero-order valence-corrected chi connectivity index (χ0v) is 13.7. The minimum atomic E-state index is -2.76. The average Bonchev–Trinajstić information content (AvgIpc) is 3.36. The highest BCUT2D eigenvalue weighted by molar-refractivity contribution is 7.15. The predicted octanol–water partition coefficient (Wildman–Crippen LogP) is 4.65. The van der Waals surface area contributed by atoms with Crippen LogP contribution in [-0.4, -0.2) is 19.7 Å². The summed E-state index contributed by atoms with van der Waals surface area (Å²) in [5.41, 5.74) is 1.95. The molecule has 0 fully saturated rings. The van der Waals surface area contributed by atoms with E-state index in [1.165, 1.54) is 11.3 Å². The quantitative estimate of drug-likeness (QED) is 0.521. The summed E-state index contributed by atoms with van der Waals surface area (Å²) in [7, 11) is 0. The van der Waals surface area contributed by atoms with Crippen molar-refractivity contribution < 1.29 is 13.2 Å². The first-order chi connectivity index (χ1) is 12.2. The van der Waals surface area contributed by atoms with E-state index < -0.39 is 12.3 Å². The summed E-state index contributed by atoms with van der Waals surface area (Å²) >= 11 is 1.42. The van der Waals surface area contributed by atoms with Gasteiger partial charge in [-0.15, -0.1) is 21.5 Å². The van der Waals surface area contributed by atoms with E-state index in [2.05, 4.69) is 15.2 Å². The number of halogens is 2. The van der Waals surface area contributed by atoms with Crippen LogP contribution >= 0.6 is 11.3 Å². The van der Waals surface area contributed by atoms with Gasteiger partial charge in [-0.2, -0.15) is 8.78 Å². The van der Waals surface area contributed by atoms with Crippen LogP contribution in [0.3, 0.4) is 0 Å². The number of thiophene rings is 1. The highest BCUT2D eigenvalue weighted by Gasteiger charge is 2.18. The summed E-state index contributed by atoms with van der Waals surface area (Å²) in [4.78, 5) is 6.11. The van der Waals surface area contributed by atoms with Crippen LogP contribution in [0.1, 0.15) is 17.2 Å². The smallest absolute Gasteiger partial charge is 0.314 e. The molecule has 0 aliphatic rings. The van der Waals surface area contributed by atoms with Crippen LogP contribution in [0.5, 0.6) is 0 Å². The molecule has 0 atom stereocenters. The molecular weight excluding hydrogens is 346 g/mol. The Labute approximate surface area is 145 Å². The summed E-state index contributed by atoms with van der Waals surface area (Å²) in [6, 6.07) is 13.6. The lowest BCUT2D eigenvalue weighted by Gasteiger charge is -1.98. The Bertz CT molecular complexity index is 977. The van der Waals surface area contributed by atoms with Crippen LogP contribution in [0.15, 0.2) is 59.4 Å². The van der Waals surface area contributed by atoms with Gasteiger partial charge in [0, 0.05) is 16.6 Å². The zero-order chi connectivity index (χ0) is 17.2. The van der Waals surface area contributed by atoms with Crippen molar-refractivity contribution in [3.8, 4) is 22.0 Å². The number of hydrogen-bond acceptors (Lipinski definition) is 5. The standard InChI is InChI=1S/C17H12F2N4OS/c18-15(19)17-22-21-16(24-17)14-7-6-12(25-14)8-23-9-13(20-10-23)11-4-2-1-3-5-11/h1-7,9-10,15H,8H2. The highest BCUT2D eigenvalue weighted by atomic mass is 32.1. The molecule has 25 heavy (non-hydrogen) atoms. The van der Waals surface area contributed by atoms with E-state index in [1.54, 1.807) is 12.4 Å². The first-order valence-corrected chi connectivity index (χ1v) is 8.28. The van der Waals surface area contributed by atoms with E-state index in [0.29, 0.717) is 11.4 Å². The molecule has 0 spiro atoms. The molecule has 0 aliphatic heterocycles. The van der Waals surface area contributed by atoms with Crippen molar-refractivity contribution in [1.29, 1.82) is 0 Å². The van der Waals surface area contributed by atoms with E-state index in [0.717, 1.165) is 16.1 Å². The number of rotatable bonds is 5. The van der Waals surface area contributed by atoms with E-state index in [-0.39, 0.29) is 5.89 Å². The SMILES string of the molecule is FC(F)c1nnc(-c2ccc(Cn3cnc(-c4ccccc4)c3)s2)o1. The number of nitrogens with zero attached hydrogens (tertiary/aromatic N) is 4. The summed E-state index contributed by atoms with van der Waals surface area (Å²) in [5.74, 6) is -0.547. The normalized spacial score (nSPS) is 11.3. The molecular formula is C17H12F2N4OS. The molecule has 0 N–H and O–H groups in total. The first-order valence-electron chi connectivity index (χ1n) is 7.47. The van der Waals surface area contributed by atoms with Gasteiger partial charge < -0.3 is 8.98 Å². The topological polar surface area (TPSA) is 56.7 Å². The lowest BCUT2D eigenvalue weighted by molar-refractivity contribution is 0.116. The van der Waals surface area contributed by atoms with Crippen molar-refractivity contribution in [3.63, 3.8) is 0 Å². The van der Waals surface area contributed by atoms with Gasteiger partial charge in [0.05, 0.1) is 23.4 Å². The number of benzene rings is 1. The molecule has 1 aromatic carbocycles. The van der Waals surface area contributed by atoms with Crippen molar-refractivity contribution in [2.24, 2.45) is 0 Å². The van der Waals surface area contributed by atoms with Gasteiger partial charge in [-0.3, -0.25) is 0 Å². The maximum absolute atomic E-state index is 12.5. The van der Waals surface area contributed by atoms with Gasteiger partial charge in [0.1, 0.15) is 0 Å². The molecule has 0 aliphatic carbocycles. The van der Waals surface area contributed by atoms with Gasteiger partial charge in [0.25, 0.3) is 11.8 Å². The van der Waals surface area contributed by atoms with Crippen LogP contribution in [0.2, 0.25) is 0 Å². The van der Waals surface area contributed by atoms with Crippen LogP contribution in [0.25, 0.3) is 22.0 Å². The predicted molar refractivity (Wildman–Crippen MR) is 89.3 cm³/mol. The van der Waals surface area contributed by atoms with Crippen LogP contribution in [-0.2, 0) is 6.54 Å². The summed E-state index contributed by atoms with van der Waals surface area (Å²) in [6.45, 7) is 0.625. The Kier molecular flexibility index (Phi) is 4.10. The molecule has 4 aromatic rings. The minimum Gasteiger partial charge on any atom is -0.414 e. The van der Waals surface area contributed by atoms with Gasteiger partial charge in [0.15, 0.2) is 0 Å². The maximum Gasteiger partial charge on any atom is 0.314 e. The Hall–Kier alpha value is -2.87. The van der Waals surface area contributed by atoms with Crippen LogP contribution in [0.4, 0.5) is 8.78 Å². The Morgan fingerprint density at radius 2 is 1.92 bits per heavy atom. The highest BCUT2D eigenvalue weighted by Crippen LogP contribution is 2.29. The molecule has 0 unspecified atom stereocenters. The third kappa shape index (κ3) is 3.34. The molecule has 0 amide bonds. The van der Waals surface area contributed by atoms with Gasteiger partial charge in [0.2, 0.25) is 0 Å². The van der Waals surface area contributed by atoms with E-state index in [1.807, 2.05) is 47.2 Å². The minimum absolute atomic E-state index is 0.113. The summed E-state index contributed by atoms with van der Waals surface area (Å²) in [6.07, 6.45) is 0.975. The van der Waals surface area contributed by atoms with Gasteiger partial charge >= 0.3 is 6.43 Å². The van der Waals surface area contributed by atoms with Crippen molar-refractivity contribution in [1.82, 2.24) is 19.7 Å². The molecule has 0 saturated heterocycles. The molecule has 8 heteroatoms. The number of imidazole rings is 1. The fraction of sp³-hybridized carbons (Fsp3) is 0.118. The molecule has 0 bridgehead atoms. The third-order valence-corrected chi connectivity index (χ3v) is 4.60. The zero-order valence-electron chi connectivity index (χ0n) is 12.8. The first kappa shape index (κ1) is 15.6. The van der Waals surface area contributed by atoms with E-state index >= 15 is 0 Å². The van der Waals surface area contributed by atoms with Crippen molar-refractivity contribution >= 4 is 11.3 Å². The molecule has 3 heterocycles. The number of aromatic nitrogens is 4. The second-order valence-corrected chi connectivity index (χ2v) is 6.48. The fourth-order valence-electron chi connectivity index (χ4n) is 2.38. The van der Waals surface area contributed by atoms with Gasteiger partial charge in [-0.1, -0.05) is 30.3 Å². The maximum atomic E-state index is 12.5. The van der Waals surface area contributed by atoms with Crippen molar-refractivity contribution in [3.05, 3.63) is 65.8 Å². The lowest BCUT2D eigenvalue weighted by atomic mass is 10.2. The average molecular weight is 358 g/mol. The Morgan fingerprint density at radius 3 is 2.68 bits per heavy atom. The largest absolute Gasteiger partial charge is 0.414 e. The third-order valence-electron chi connectivity index (χ3n) is 3.54. The molecule has 0 saturated carbocycles. The number of alkyl halides is 2. The van der Waals surface area contributed by atoms with Crippen molar-refractivity contribution in [2.45, 2.75) is 13.0 Å². The molecule has 4 rings (SSSR count). The Balaban J connectivity index is 1.50. The second kappa shape index (κ2) is 6.56. The number of hydrogen-bond donors (Lipinski definition) is 0. The van der Waals surface area contributed by atoms with E-state index in [9.17, 15) is 8.78 Å². The molecule has 5 nitrogen and oxygen atoms in total. The van der Waals surface area contributed by atoms with Crippen molar-refractivity contribution in [2.75, 3.05) is 0 Å². The summed E-state index contributed by atoms with van der Waals surface area (Å²) in [5, 5.41) is 7.01. The Morgan fingerprint density at radius 1 is 1.08 bits per heavy atom. The lowest BCUT2D eigenvalue weighted by Crippen LogP contribution is -1.92. The summed E-state index contributed by atoms with van der Waals surface area (Å²) < 4.78 is 32.0. The van der Waals surface area contributed by atoms with E-state index in [4.69, 9.17) is 4.42 Å². The molecule has 3 aromatic heterocycles. The fourth-order valence-corrected chi connectivity index (χ4v) is 3.32. The van der Waals surface area contributed by atoms with Crippen LogP contribution in [0, 0.1) is 0 Å². The molecule has 0 radical (unpaired) electrons. The van der Waals surface area contributed by atoms with Gasteiger partial charge in [-0.05, 0) is 12.1 Å².